The molecule has 0 unspecified atom stereocenters. The van der Waals surface area contributed by atoms with Crippen molar-refractivity contribution in [3.8, 4) is 44.5 Å². The molecule has 0 atom stereocenters. The maximum Gasteiger partial charge on any atom is 0.0726 e. The fourth-order valence-corrected chi connectivity index (χ4v) is 11.2. The van der Waals surface area contributed by atoms with Gasteiger partial charge in [0.1, 0.15) is 0 Å². The zero-order valence-corrected chi connectivity index (χ0v) is 31.9. The number of nitrogens with zero attached hydrogens (tertiary/aromatic N) is 1. The van der Waals surface area contributed by atoms with Gasteiger partial charge in [-0.25, -0.2) is 0 Å². The fourth-order valence-electron chi connectivity index (χ4n) is 9.99. The van der Waals surface area contributed by atoms with Crippen LogP contribution in [0.5, 0.6) is 0 Å². The van der Waals surface area contributed by atoms with E-state index in [1.165, 1.54) is 92.6 Å². The molecule has 9 aromatic carbocycles. The highest BCUT2D eigenvalue weighted by atomic mass is 32.1. The number of anilines is 3. The van der Waals surface area contributed by atoms with Crippen LogP contribution in [0.3, 0.4) is 0 Å². The van der Waals surface area contributed by atoms with Crippen LogP contribution >= 0.6 is 11.3 Å². The molecule has 0 bridgehead atoms. The molecule has 0 saturated carbocycles. The molecular weight excluding hydrogens is 707 g/mol. The highest BCUT2D eigenvalue weighted by molar-refractivity contribution is 7.26. The average Bonchev–Trinajstić information content (AvgIpc) is 3.92. The molecule has 0 radical (unpaired) electrons. The lowest BCUT2D eigenvalue weighted by molar-refractivity contribution is 0.794. The van der Waals surface area contributed by atoms with E-state index in [9.17, 15) is 0 Å². The molecule has 0 amide bonds. The van der Waals surface area contributed by atoms with Gasteiger partial charge >= 0.3 is 0 Å². The third kappa shape index (κ3) is 4.56. The molecule has 12 rings (SSSR count). The molecule has 2 aliphatic rings. The number of para-hydroxylation sites is 1. The average molecular weight is 742 g/mol. The molecule has 2 heteroatoms. The summed E-state index contributed by atoms with van der Waals surface area (Å²) in [7, 11) is 0. The van der Waals surface area contributed by atoms with E-state index < -0.39 is 5.41 Å². The molecule has 0 N–H and O–H groups in total. The molecule has 1 heterocycles. The summed E-state index contributed by atoms with van der Waals surface area (Å²) in [5.41, 5.74) is 18.5. The van der Waals surface area contributed by atoms with Crippen LogP contribution in [0, 0.1) is 0 Å². The molecule has 1 spiro atoms. The lowest BCUT2D eigenvalue weighted by Gasteiger charge is -2.33. The first-order valence-corrected chi connectivity index (χ1v) is 20.5. The van der Waals surface area contributed by atoms with E-state index in [0.29, 0.717) is 0 Å². The van der Waals surface area contributed by atoms with Gasteiger partial charge in [-0.3, -0.25) is 0 Å². The van der Waals surface area contributed by atoms with Gasteiger partial charge in [-0.2, -0.15) is 0 Å². The first-order valence-electron chi connectivity index (χ1n) is 19.7. The van der Waals surface area contributed by atoms with Crippen LogP contribution in [0.2, 0.25) is 0 Å². The lowest BCUT2D eigenvalue weighted by atomic mass is 9.70. The zero-order chi connectivity index (χ0) is 37.5. The maximum atomic E-state index is 2.57. The van der Waals surface area contributed by atoms with Gasteiger partial charge < -0.3 is 4.90 Å². The van der Waals surface area contributed by atoms with Crippen LogP contribution < -0.4 is 4.90 Å². The Bertz CT molecular complexity index is 3130. The van der Waals surface area contributed by atoms with E-state index >= 15 is 0 Å². The molecular formula is C55H35NS. The molecule has 0 fully saturated rings. The molecule has 1 nitrogen and oxygen atoms in total. The monoisotopic (exact) mass is 741 g/mol. The van der Waals surface area contributed by atoms with Gasteiger partial charge in [-0.1, -0.05) is 182 Å². The second-order valence-corrected chi connectivity index (χ2v) is 16.2. The second kappa shape index (κ2) is 12.5. The van der Waals surface area contributed by atoms with Crippen molar-refractivity contribution in [3.05, 3.63) is 235 Å². The van der Waals surface area contributed by atoms with Crippen molar-refractivity contribution in [1.82, 2.24) is 0 Å². The summed E-state index contributed by atoms with van der Waals surface area (Å²) in [5, 5.41) is 2.63. The Morgan fingerprint density at radius 1 is 0.368 bits per heavy atom. The van der Waals surface area contributed by atoms with Crippen LogP contribution in [0.4, 0.5) is 17.1 Å². The van der Waals surface area contributed by atoms with Crippen LogP contribution in [0.15, 0.2) is 212 Å². The summed E-state index contributed by atoms with van der Waals surface area (Å²) in [5.74, 6) is 0. The Morgan fingerprint density at radius 2 is 0.877 bits per heavy atom. The number of hydrogen-bond donors (Lipinski definition) is 0. The van der Waals surface area contributed by atoms with Gasteiger partial charge in [-0.15, -0.1) is 11.3 Å². The minimum Gasteiger partial charge on any atom is -0.308 e. The minimum atomic E-state index is -0.479. The molecule has 2 aliphatic carbocycles. The number of thiophene rings is 1. The fraction of sp³-hybridized carbons (Fsp3) is 0.0182. The van der Waals surface area contributed by atoms with E-state index in [0.717, 1.165) is 11.4 Å². The van der Waals surface area contributed by atoms with E-state index in [2.05, 4.69) is 217 Å². The highest BCUT2D eigenvalue weighted by Gasteiger charge is 2.52. The third-order valence-electron chi connectivity index (χ3n) is 12.3. The first-order chi connectivity index (χ1) is 28.3. The van der Waals surface area contributed by atoms with Crippen molar-refractivity contribution in [2.24, 2.45) is 0 Å². The van der Waals surface area contributed by atoms with Gasteiger partial charge in [0.05, 0.1) is 21.5 Å². The van der Waals surface area contributed by atoms with Crippen molar-refractivity contribution < 1.29 is 0 Å². The normalized spacial score (nSPS) is 13.1. The van der Waals surface area contributed by atoms with Gasteiger partial charge in [0, 0.05) is 26.7 Å². The topological polar surface area (TPSA) is 3.24 Å². The summed E-state index contributed by atoms with van der Waals surface area (Å²) < 4.78 is 2.58. The van der Waals surface area contributed by atoms with E-state index in [1.54, 1.807) is 0 Å². The van der Waals surface area contributed by atoms with Crippen LogP contribution in [0.1, 0.15) is 22.3 Å². The zero-order valence-electron chi connectivity index (χ0n) is 31.1. The Morgan fingerprint density at radius 3 is 1.56 bits per heavy atom. The van der Waals surface area contributed by atoms with Gasteiger partial charge in [0.15, 0.2) is 0 Å². The van der Waals surface area contributed by atoms with Crippen molar-refractivity contribution in [2.45, 2.75) is 5.41 Å². The Labute approximate surface area is 336 Å². The predicted molar refractivity (Wildman–Crippen MR) is 241 cm³/mol. The number of hydrogen-bond acceptors (Lipinski definition) is 2. The Balaban J connectivity index is 1.23. The highest BCUT2D eigenvalue weighted by Crippen LogP contribution is 2.66. The summed E-state index contributed by atoms with van der Waals surface area (Å²) in [6.07, 6.45) is 0. The van der Waals surface area contributed by atoms with Crippen molar-refractivity contribution in [3.63, 3.8) is 0 Å². The lowest BCUT2D eigenvalue weighted by Crippen LogP contribution is -2.26. The van der Waals surface area contributed by atoms with Crippen LogP contribution in [-0.4, -0.2) is 0 Å². The first kappa shape index (κ1) is 32.3. The van der Waals surface area contributed by atoms with Crippen molar-refractivity contribution in [1.29, 1.82) is 0 Å². The van der Waals surface area contributed by atoms with Gasteiger partial charge in [-0.05, 0) is 91.5 Å². The molecule has 0 saturated heterocycles. The van der Waals surface area contributed by atoms with Crippen molar-refractivity contribution in [2.75, 3.05) is 4.90 Å². The molecule has 1 aromatic heterocycles. The molecule has 57 heavy (non-hydrogen) atoms. The molecule has 0 aliphatic heterocycles. The number of fused-ring (bicyclic) bond motifs is 14. The number of rotatable bonds is 5. The van der Waals surface area contributed by atoms with Crippen LogP contribution in [0.25, 0.3) is 64.7 Å². The number of benzene rings is 9. The standard InChI is InChI=1S/C55H35NS/c1-3-17-36(18-4-1)37-31-33-39(34-32-37)56(49-29-15-10-21-40(49)38-19-5-2-6-20-38)50-35-48-52(53-44-25-11-16-30-51(44)57-54(50)53)43-24-9-14-28-47(43)55(48)45-26-12-7-22-41(45)42-23-8-13-27-46(42)55/h1-35H. The van der Waals surface area contributed by atoms with E-state index in [-0.39, 0.29) is 0 Å². The SMILES string of the molecule is c1ccc(-c2ccc(N(c3ccccc3-c3ccccc3)c3cc4c(c5c3sc3ccccc35)-c3ccccc3C43c4ccccc4-c4ccccc43)cc2)cc1. The summed E-state index contributed by atoms with van der Waals surface area (Å²) >= 11 is 1.91. The molecule has 266 valence electrons. The summed E-state index contributed by atoms with van der Waals surface area (Å²) in [6, 6.07) is 78.6. The van der Waals surface area contributed by atoms with E-state index in [1.807, 2.05) is 11.3 Å². The van der Waals surface area contributed by atoms with E-state index in [4.69, 9.17) is 0 Å². The van der Waals surface area contributed by atoms with Crippen LogP contribution in [-0.2, 0) is 5.41 Å². The maximum absolute atomic E-state index is 2.57. The second-order valence-electron chi connectivity index (χ2n) is 15.1. The minimum absolute atomic E-state index is 0.479. The quantitative estimate of drug-likeness (QED) is 0.170. The Kier molecular flexibility index (Phi) is 7.08. The third-order valence-corrected chi connectivity index (χ3v) is 13.5. The molecule has 10 aromatic rings. The largest absolute Gasteiger partial charge is 0.308 e. The summed E-state index contributed by atoms with van der Waals surface area (Å²) in [6.45, 7) is 0. The van der Waals surface area contributed by atoms with Gasteiger partial charge in [0.2, 0.25) is 0 Å². The predicted octanol–water partition coefficient (Wildman–Crippen LogP) is 15.2. The van der Waals surface area contributed by atoms with Crippen molar-refractivity contribution >= 4 is 48.6 Å². The van der Waals surface area contributed by atoms with Gasteiger partial charge in [0.25, 0.3) is 0 Å². The summed E-state index contributed by atoms with van der Waals surface area (Å²) in [4.78, 5) is 2.54. The Hall–Kier alpha value is -7.00. The smallest absolute Gasteiger partial charge is 0.0726 e.